The highest BCUT2D eigenvalue weighted by atomic mass is 32.1. The number of thiophene rings is 1. The minimum Gasteiger partial charge on any atom is -0.508 e. The van der Waals surface area contributed by atoms with Crippen molar-refractivity contribution < 1.29 is 9.90 Å². The number of H-pyrrole nitrogens is 1. The summed E-state index contributed by atoms with van der Waals surface area (Å²) < 4.78 is 0. The van der Waals surface area contributed by atoms with Gasteiger partial charge in [-0.2, -0.15) is 16.4 Å². The monoisotopic (exact) mass is 382 g/mol. The van der Waals surface area contributed by atoms with E-state index in [1.807, 2.05) is 6.20 Å². The lowest BCUT2D eigenvalue weighted by Crippen LogP contribution is -2.37. The molecule has 0 bridgehead atoms. The minimum atomic E-state index is 0.0238. The molecule has 0 saturated carbocycles. The Morgan fingerprint density at radius 3 is 2.74 bits per heavy atom. The molecule has 1 aliphatic rings. The molecule has 2 aromatic heterocycles. The lowest BCUT2D eigenvalue weighted by molar-refractivity contribution is -0.121. The van der Waals surface area contributed by atoms with Crippen LogP contribution in [-0.2, 0) is 11.3 Å². The van der Waals surface area contributed by atoms with Gasteiger partial charge in [0.15, 0.2) is 0 Å². The number of aromatic nitrogens is 2. The number of hydrogen-bond donors (Lipinski definition) is 3. The second kappa shape index (κ2) is 7.94. The number of amides is 1. The van der Waals surface area contributed by atoms with Gasteiger partial charge in [0, 0.05) is 34.7 Å². The number of carbonyl (C=O) groups excluding carboxylic acids is 1. The van der Waals surface area contributed by atoms with E-state index in [0.29, 0.717) is 0 Å². The first kappa shape index (κ1) is 17.8. The largest absolute Gasteiger partial charge is 0.508 e. The Morgan fingerprint density at radius 2 is 2.04 bits per heavy atom. The van der Waals surface area contributed by atoms with Crippen LogP contribution in [0, 0.1) is 5.92 Å². The molecule has 4 rings (SSSR count). The SMILES string of the molecule is O=C(Nc1ccc(O)cc1)C1CCN(Cc2cn[nH]c2-c2ccsc2)CC1. The van der Waals surface area contributed by atoms with Gasteiger partial charge in [0.1, 0.15) is 5.75 Å². The van der Waals surface area contributed by atoms with Gasteiger partial charge in [-0.3, -0.25) is 14.8 Å². The number of rotatable bonds is 5. The lowest BCUT2D eigenvalue weighted by atomic mass is 9.95. The molecule has 140 valence electrons. The Bertz CT molecular complexity index is 881. The van der Waals surface area contributed by atoms with Crippen molar-refractivity contribution in [3.05, 3.63) is 52.9 Å². The molecular weight excluding hydrogens is 360 g/mol. The Labute approximate surface area is 161 Å². The van der Waals surface area contributed by atoms with E-state index in [4.69, 9.17) is 0 Å². The molecule has 1 aliphatic heterocycles. The maximum atomic E-state index is 12.5. The van der Waals surface area contributed by atoms with Gasteiger partial charge in [0.25, 0.3) is 0 Å². The number of benzene rings is 1. The molecule has 0 aliphatic carbocycles. The highest BCUT2D eigenvalue weighted by molar-refractivity contribution is 7.08. The van der Waals surface area contributed by atoms with E-state index < -0.39 is 0 Å². The smallest absolute Gasteiger partial charge is 0.227 e. The van der Waals surface area contributed by atoms with E-state index in [-0.39, 0.29) is 17.6 Å². The first-order chi connectivity index (χ1) is 13.2. The highest BCUT2D eigenvalue weighted by Gasteiger charge is 2.25. The van der Waals surface area contributed by atoms with Gasteiger partial charge in [-0.1, -0.05) is 0 Å². The molecule has 6 nitrogen and oxygen atoms in total. The number of anilines is 1. The Morgan fingerprint density at radius 1 is 1.26 bits per heavy atom. The van der Waals surface area contributed by atoms with Crippen LogP contribution in [-0.4, -0.2) is 39.2 Å². The maximum Gasteiger partial charge on any atom is 0.227 e. The molecule has 27 heavy (non-hydrogen) atoms. The van der Waals surface area contributed by atoms with Crippen LogP contribution in [0.15, 0.2) is 47.3 Å². The fraction of sp³-hybridized carbons (Fsp3) is 0.300. The summed E-state index contributed by atoms with van der Waals surface area (Å²) >= 11 is 1.68. The number of nitrogens with zero attached hydrogens (tertiary/aromatic N) is 2. The average molecular weight is 382 g/mol. The maximum absolute atomic E-state index is 12.5. The number of nitrogens with one attached hydrogen (secondary N) is 2. The third-order valence-corrected chi connectivity index (χ3v) is 5.70. The zero-order valence-electron chi connectivity index (χ0n) is 14.9. The average Bonchev–Trinajstić information content (AvgIpc) is 3.35. The normalized spacial score (nSPS) is 15.7. The number of carbonyl (C=O) groups is 1. The predicted octanol–water partition coefficient (Wildman–Crippen LogP) is 3.69. The van der Waals surface area contributed by atoms with Gasteiger partial charge in [-0.05, 0) is 61.6 Å². The summed E-state index contributed by atoms with van der Waals surface area (Å²) in [6.07, 6.45) is 3.59. The van der Waals surface area contributed by atoms with E-state index in [9.17, 15) is 9.90 Å². The minimum absolute atomic E-state index is 0.0238. The van der Waals surface area contributed by atoms with Crippen molar-refractivity contribution in [1.82, 2.24) is 15.1 Å². The standard InChI is InChI=1S/C20H22N4O2S/c25-18-3-1-17(2-4-18)22-20(26)14-5-8-24(9-6-14)12-16-11-21-23-19(16)15-7-10-27-13-15/h1-4,7,10-11,13-14,25H,5-6,8-9,12H2,(H,21,23)(H,22,26). The van der Waals surface area contributed by atoms with Crippen LogP contribution in [0.4, 0.5) is 5.69 Å². The van der Waals surface area contributed by atoms with Crippen LogP contribution < -0.4 is 5.32 Å². The molecular formula is C20H22N4O2S. The molecule has 0 spiro atoms. The Hall–Kier alpha value is -2.64. The zero-order valence-corrected chi connectivity index (χ0v) is 15.7. The van der Waals surface area contributed by atoms with Crippen LogP contribution in [0.2, 0.25) is 0 Å². The van der Waals surface area contributed by atoms with Crippen molar-refractivity contribution in [3.63, 3.8) is 0 Å². The molecule has 3 heterocycles. The second-order valence-electron chi connectivity index (χ2n) is 6.87. The topological polar surface area (TPSA) is 81.2 Å². The van der Waals surface area contributed by atoms with Crippen LogP contribution in [0.1, 0.15) is 18.4 Å². The molecule has 1 saturated heterocycles. The number of phenols is 1. The fourth-order valence-electron chi connectivity index (χ4n) is 3.47. The summed E-state index contributed by atoms with van der Waals surface area (Å²) in [4.78, 5) is 14.9. The lowest BCUT2D eigenvalue weighted by Gasteiger charge is -2.31. The van der Waals surface area contributed by atoms with Crippen LogP contribution in [0.3, 0.4) is 0 Å². The van der Waals surface area contributed by atoms with Crippen LogP contribution in [0.25, 0.3) is 11.3 Å². The van der Waals surface area contributed by atoms with Crippen molar-refractivity contribution in [2.45, 2.75) is 19.4 Å². The number of aromatic hydroxyl groups is 1. The Kier molecular flexibility index (Phi) is 5.22. The summed E-state index contributed by atoms with van der Waals surface area (Å²) in [6, 6.07) is 8.68. The number of hydrogen-bond acceptors (Lipinski definition) is 5. The molecule has 0 radical (unpaired) electrons. The van der Waals surface area contributed by atoms with E-state index in [1.54, 1.807) is 35.6 Å². The van der Waals surface area contributed by atoms with Gasteiger partial charge in [0.05, 0.1) is 11.9 Å². The summed E-state index contributed by atoms with van der Waals surface area (Å²) in [5.74, 6) is 0.278. The van der Waals surface area contributed by atoms with E-state index in [2.05, 4.69) is 37.2 Å². The molecule has 1 aromatic carbocycles. The van der Waals surface area contributed by atoms with Crippen molar-refractivity contribution in [3.8, 4) is 17.0 Å². The van der Waals surface area contributed by atoms with Gasteiger partial charge in [-0.15, -0.1) is 0 Å². The number of piperidine rings is 1. The van der Waals surface area contributed by atoms with Gasteiger partial charge < -0.3 is 10.4 Å². The van der Waals surface area contributed by atoms with Crippen LogP contribution >= 0.6 is 11.3 Å². The number of aromatic amines is 1. The van der Waals surface area contributed by atoms with Crippen molar-refractivity contribution in [2.75, 3.05) is 18.4 Å². The van der Waals surface area contributed by atoms with E-state index in [0.717, 1.165) is 43.9 Å². The first-order valence-electron chi connectivity index (χ1n) is 9.06. The molecule has 0 unspecified atom stereocenters. The summed E-state index contributed by atoms with van der Waals surface area (Å²) in [5.41, 5.74) is 4.18. The summed E-state index contributed by atoms with van der Waals surface area (Å²) in [7, 11) is 0. The van der Waals surface area contributed by atoms with Gasteiger partial charge >= 0.3 is 0 Å². The Balaban J connectivity index is 1.31. The predicted molar refractivity (Wildman–Crippen MR) is 107 cm³/mol. The quantitative estimate of drug-likeness (QED) is 0.588. The third-order valence-electron chi connectivity index (χ3n) is 5.01. The third kappa shape index (κ3) is 4.20. The number of phenolic OH excluding ortho intramolecular Hbond substituents is 1. The molecule has 1 fully saturated rings. The van der Waals surface area contributed by atoms with Gasteiger partial charge in [-0.25, -0.2) is 0 Å². The fourth-order valence-corrected chi connectivity index (χ4v) is 4.12. The molecule has 3 N–H and O–H groups in total. The molecule has 0 atom stereocenters. The zero-order chi connectivity index (χ0) is 18.6. The molecule has 7 heteroatoms. The van der Waals surface area contributed by atoms with E-state index >= 15 is 0 Å². The van der Waals surface area contributed by atoms with Crippen molar-refractivity contribution >= 4 is 22.9 Å². The first-order valence-corrected chi connectivity index (χ1v) is 10.0. The van der Waals surface area contributed by atoms with Gasteiger partial charge in [0.2, 0.25) is 5.91 Å². The van der Waals surface area contributed by atoms with Crippen molar-refractivity contribution in [1.29, 1.82) is 0 Å². The van der Waals surface area contributed by atoms with E-state index in [1.165, 1.54) is 11.1 Å². The van der Waals surface area contributed by atoms with Crippen molar-refractivity contribution in [2.24, 2.45) is 5.92 Å². The summed E-state index contributed by atoms with van der Waals surface area (Å²) in [6.45, 7) is 2.62. The highest BCUT2D eigenvalue weighted by Crippen LogP contribution is 2.26. The van der Waals surface area contributed by atoms with Crippen LogP contribution in [0.5, 0.6) is 5.75 Å². The second-order valence-corrected chi connectivity index (χ2v) is 7.65. The number of likely N-dealkylation sites (tertiary alicyclic amines) is 1. The molecule has 1 amide bonds. The molecule has 3 aromatic rings. The summed E-state index contributed by atoms with van der Waals surface area (Å²) in [5, 5.41) is 23.8.